The quantitative estimate of drug-likeness (QED) is 0.525. The Balaban J connectivity index is 0.00000162. The molecule has 1 aromatic rings. The zero-order valence-corrected chi connectivity index (χ0v) is 11.7. The second kappa shape index (κ2) is 5.99. The van der Waals surface area contributed by atoms with Gasteiger partial charge in [-0.05, 0) is 12.1 Å². The average molecular weight is 256 g/mol. The van der Waals surface area contributed by atoms with E-state index in [0.29, 0.717) is 11.3 Å². The summed E-state index contributed by atoms with van der Waals surface area (Å²) in [5, 5.41) is 15.3. The van der Waals surface area contributed by atoms with E-state index in [-0.39, 0.29) is 29.6 Å². The van der Waals surface area contributed by atoms with E-state index in [1.54, 1.807) is 24.3 Å². The first-order chi connectivity index (χ1) is 8.08. The number of benzene rings is 1. The van der Waals surface area contributed by atoms with E-state index in [9.17, 15) is 19.5 Å². The summed E-state index contributed by atoms with van der Waals surface area (Å²) in [5.41, 5.74) is 0.678. The Morgan fingerprint density at radius 3 is 2.61 bits per heavy atom. The molecule has 2 amide bonds. The summed E-state index contributed by atoms with van der Waals surface area (Å²) in [6.45, 7) is 0. The molecule has 0 aromatic heterocycles. The molecule has 18 heavy (non-hydrogen) atoms. The molecule has 2 rings (SSSR count). The number of hydrogen-bond acceptors (Lipinski definition) is 4. The van der Waals surface area contributed by atoms with Crippen molar-refractivity contribution < 1.29 is 49.0 Å². The average Bonchev–Trinajstić information content (AvgIpc) is 2.38. The fraction of sp³-hybridized carbons (Fsp3) is 0.182. The minimum Gasteiger partial charge on any atom is -0.550 e. The van der Waals surface area contributed by atoms with Gasteiger partial charge in [0.2, 0.25) is 5.91 Å². The van der Waals surface area contributed by atoms with Crippen LogP contribution in [0, 0.1) is 0 Å². The summed E-state index contributed by atoms with van der Waals surface area (Å²) in [5.74, 6) is -2.44. The Labute approximate surface area is 125 Å². The van der Waals surface area contributed by atoms with Crippen molar-refractivity contribution in [1.29, 1.82) is 0 Å². The number of hydrogen-bond donors (Lipinski definition) is 2. The van der Waals surface area contributed by atoms with Crippen LogP contribution < -0.4 is 45.3 Å². The number of carboxylic acid groups (broad SMARTS) is 1. The van der Waals surface area contributed by atoms with Crippen LogP contribution in [0.2, 0.25) is 0 Å². The van der Waals surface area contributed by atoms with Gasteiger partial charge in [0.05, 0.1) is 11.3 Å². The van der Waals surface area contributed by atoms with Gasteiger partial charge >= 0.3 is 29.6 Å². The van der Waals surface area contributed by atoms with Gasteiger partial charge in [-0.1, -0.05) is 12.1 Å². The third-order valence-electron chi connectivity index (χ3n) is 2.42. The summed E-state index contributed by atoms with van der Waals surface area (Å²) in [7, 11) is 0. The van der Waals surface area contributed by atoms with Gasteiger partial charge in [0.1, 0.15) is 6.04 Å². The molecular weight excluding hydrogens is 247 g/mol. The normalized spacial score (nSPS) is 17.7. The van der Waals surface area contributed by atoms with E-state index < -0.39 is 30.2 Å². The number of carbonyl (C=O) groups is 3. The predicted molar refractivity (Wildman–Crippen MR) is 55.9 cm³/mol. The van der Waals surface area contributed by atoms with E-state index in [1.165, 1.54) is 0 Å². The molecular formula is C11H9N2NaO4. The van der Waals surface area contributed by atoms with E-state index >= 15 is 0 Å². The number of fused-ring (bicyclic) bond motifs is 1. The SMILES string of the molecule is O=C([O-])CC1NC(=O)c2ccccc2NC1=O.[Na+]. The number of para-hydroxylation sites is 1. The van der Waals surface area contributed by atoms with Crippen molar-refractivity contribution in [3.8, 4) is 0 Å². The van der Waals surface area contributed by atoms with Crippen molar-refractivity contribution in [3.05, 3.63) is 29.8 Å². The van der Waals surface area contributed by atoms with Crippen LogP contribution in [0.15, 0.2) is 24.3 Å². The molecule has 1 atom stereocenters. The third kappa shape index (κ3) is 3.10. The minimum absolute atomic E-state index is 0. The summed E-state index contributed by atoms with van der Waals surface area (Å²) < 4.78 is 0. The molecule has 1 unspecified atom stereocenters. The minimum atomic E-state index is -1.39. The zero-order chi connectivity index (χ0) is 12.4. The number of rotatable bonds is 2. The predicted octanol–water partition coefficient (Wildman–Crippen LogP) is -4.12. The molecule has 0 radical (unpaired) electrons. The largest absolute Gasteiger partial charge is 1.00 e. The standard InChI is InChI=1S/C11H10N2O4.Na/c14-9(15)5-8-11(17)12-7-4-2-1-3-6(7)10(16)13-8;/h1-4,8H,5H2,(H,12,17)(H,13,16)(H,14,15);/q;+1/p-1. The summed E-state index contributed by atoms with van der Waals surface area (Å²) in [6, 6.07) is 5.34. The van der Waals surface area contributed by atoms with Crippen LogP contribution in [-0.4, -0.2) is 23.8 Å². The van der Waals surface area contributed by atoms with E-state index in [1.807, 2.05) is 0 Å². The smallest absolute Gasteiger partial charge is 0.550 e. The molecule has 6 nitrogen and oxygen atoms in total. The molecule has 1 aromatic carbocycles. The Hall–Kier alpha value is -1.37. The van der Waals surface area contributed by atoms with Gasteiger partial charge in [-0.3, -0.25) is 9.59 Å². The van der Waals surface area contributed by atoms with Crippen molar-refractivity contribution in [2.45, 2.75) is 12.5 Å². The molecule has 2 N–H and O–H groups in total. The van der Waals surface area contributed by atoms with Gasteiger partial charge in [0, 0.05) is 12.4 Å². The zero-order valence-electron chi connectivity index (χ0n) is 9.73. The van der Waals surface area contributed by atoms with Gasteiger partial charge in [-0.25, -0.2) is 0 Å². The number of carboxylic acids is 1. The molecule has 0 aliphatic carbocycles. The molecule has 1 heterocycles. The first-order valence-corrected chi connectivity index (χ1v) is 4.98. The van der Waals surface area contributed by atoms with Crippen LogP contribution in [0.5, 0.6) is 0 Å². The Kier molecular flexibility index (Phi) is 4.89. The maximum Gasteiger partial charge on any atom is 1.00 e. The number of amides is 2. The Bertz CT molecular complexity index is 504. The summed E-state index contributed by atoms with van der Waals surface area (Å²) >= 11 is 0. The molecule has 0 saturated carbocycles. The number of carbonyl (C=O) groups excluding carboxylic acids is 3. The van der Waals surface area contributed by atoms with Gasteiger partial charge in [0.25, 0.3) is 5.91 Å². The van der Waals surface area contributed by atoms with Crippen LogP contribution in [0.25, 0.3) is 0 Å². The molecule has 0 bridgehead atoms. The van der Waals surface area contributed by atoms with Crippen molar-refractivity contribution in [1.82, 2.24) is 5.32 Å². The molecule has 88 valence electrons. The van der Waals surface area contributed by atoms with E-state index in [4.69, 9.17) is 0 Å². The maximum absolute atomic E-state index is 11.7. The second-order valence-electron chi connectivity index (χ2n) is 3.64. The van der Waals surface area contributed by atoms with Crippen LogP contribution in [0.4, 0.5) is 5.69 Å². The summed E-state index contributed by atoms with van der Waals surface area (Å²) in [4.78, 5) is 33.8. The number of aliphatic carboxylic acids is 1. The van der Waals surface area contributed by atoms with Crippen LogP contribution >= 0.6 is 0 Å². The first-order valence-electron chi connectivity index (χ1n) is 4.98. The molecule has 0 spiro atoms. The second-order valence-corrected chi connectivity index (χ2v) is 3.64. The molecule has 7 heteroatoms. The van der Waals surface area contributed by atoms with E-state index in [0.717, 1.165) is 0 Å². The van der Waals surface area contributed by atoms with Crippen LogP contribution in [0.3, 0.4) is 0 Å². The van der Waals surface area contributed by atoms with Gasteiger partial charge in [-0.2, -0.15) is 0 Å². The molecule has 1 aliphatic heterocycles. The first kappa shape index (κ1) is 14.7. The van der Waals surface area contributed by atoms with Crippen molar-refractivity contribution in [2.24, 2.45) is 0 Å². The Morgan fingerprint density at radius 1 is 1.28 bits per heavy atom. The van der Waals surface area contributed by atoms with E-state index in [2.05, 4.69) is 10.6 Å². The van der Waals surface area contributed by atoms with Crippen LogP contribution in [0.1, 0.15) is 16.8 Å². The van der Waals surface area contributed by atoms with Crippen LogP contribution in [-0.2, 0) is 9.59 Å². The fourth-order valence-corrected chi connectivity index (χ4v) is 1.62. The van der Waals surface area contributed by atoms with Gasteiger partial charge in [-0.15, -0.1) is 0 Å². The van der Waals surface area contributed by atoms with Gasteiger partial charge < -0.3 is 20.5 Å². The van der Waals surface area contributed by atoms with Crippen molar-refractivity contribution >= 4 is 23.5 Å². The fourth-order valence-electron chi connectivity index (χ4n) is 1.62. The Morgan fingerprint density at radius 2 is 1.94 bits per heavy atom. The number of nitrogens with one attached hydrogen (secondary N) is 2. The molecule has 0 saturated heterocycles. The third-order valence-corrected chi connectivity index (χ3v) is 2.42. The topological polar surface area (TPSA) is 98.3 Å². The maximum atomic E-state index is 11.7. The number of anilines is 1. The van der Waals surface area contributed by atoms with Crippen molar-refractivity contribution in [3.63, 3.8) is 0 Å². The van der Waals surface area contributed by atoms with Crippen molar-refractivity contribution in [2.75, 3.05) is 5.32 Å². The van der Waals surface area contributed by atoms with Gasteiger partial charge in [0.15, 0.2) is 0 Å². The monoisotopic (exact) mass is 256 g/mol. The molecule has 1 aliphatic rings. The molecule has 0 fully saturated rings. The summed E-state index contributed by atoms with van der Waals surface area (Å²) in [6.07, 6.45) is -0.550.